The quantitative estimate of drug-likeness (QED) is 0.235. The van der Waals surface area contributed by atoms with E-state index in [1.54, 1.807) is 12.1 Å². The number of ether oxygens (including phenoxy) is 1. The van der Waals surface area contributed by atoms with Crippen molar-refractivity contribution in [2.24, 2.45) is 4.99 Å². The molecule has 0 atom stereocenters. The maximum atomic E-state index is 14.9. The fourth-order valence-electron chi connectivity index (χ4n) is 4.62. The van der Waals surface area contributed by atoms with Gasteiger partial charge in [0.05, 0.1) is 17.1 Å². The predicted octanol–water partition coefficient (Wildman–Crippen LogP) is 6.87. The van der Waals surface area contributed by atoms with E-state index in [4.69, 9.17) is 0 Å². The summed E-state index contributed by atoms with van der Waals surface area (Å²) in [6, 6.07) is 14.3. The number of alkyl halides is 3. The summed E-state index contributed by atoms with van der Waals surface area (Å²) in [7, 11) is 0. The number of rotatable bonds is 6. The van der Waals surface area contributed by atoms with Crippen LogP contribution in [0.2, 0.25) is 0 Å². The first kappa shape index (κ1) is 30.5. The van der Waals surface area contributed by atoms with Gasteiger partial charge < -0.3 is 10.1 Å². The molecule has 0 unspecified atom stereocenters. The van der Waals surface area contributed by atoms with E-state index < -0.39 is 18.2 Å². The Morgan fingerprint density at radius 1 is 1.05 bits per heavy atom. The summed E-state index contributed by atoms with van der Waals surface area (Å²) < 4.78 is 57.3. The van der Waals surface area contributed by atoms with Crippen molar-refractivity contribution in [2.45, 2.75) is 27.1 Å². The van der Waals surface area contributed by atoms with Gasteiger partial charge in [0.15, 0.2) is 11.0 Å². The van der Waals surface area contributed by atoms with Gasteiger partial charge in [-0.1, -0.05) is 53.7 Å². The van der Waals surface area contributed by atoms with Crippen LogP contribution in [0, 0.1) is 20.8 Å². The topological polar surface area (TPSA) is 102 Å². The van der Waals surface area contributed by atoms with Gasteiger partial charge in [0.2, 0.25) is 5.91 Å². The molecule has 9 nitrogen and oxygen atoms in total. The van der Waals surface area contributed by atoms with Gasteiger partial charge in [-0.3, -0.25) is 9.69 Å². The molecule has 2 heterocycles. The molecule has 0 saturated carbocycles. The van der Waals surface area contributed by atoms with Crippen LogP contribution in [0.25, 0.3) is 22.9 Å². The van der Waals surface area contributed by atoms with Crippen molar-refractivity contribution in [1.82, 2.24) is 20.1 Å². The fraction of sp³-hybridized carbons (Fsp3) is 0.167. The van der Waals surface area contributed by atoms with E-state index in [0.717, 1.165) is 46.8 Å². The summed E-state index contributed by atoms with van der Waals surface area (Å²) in [4.78, 5) is 34.8. The number of amides is 3. The summed E-state index contributed by atoms with van der Waals surface area (Å²) in [5.74, 6) is -0.870. The third-order valence-electron chi connectivity index (χ3n) is 6.39. The van der Waals surface area contributed by atoms with Gasteiger partial charge in [-0.2, -0.15) is 4.99 Å². The van der Waals surface area contributed by atoms with Crippen LogP contribution in [0.4, 0.5) is 28.0 Å². The van der Waals surface area contributed by atoms with Crippen LogP contribution < -0.4 is 15.0 Å². The van der Waals surface area contributed by atoms with Crippen LogP contribution in [0.3, 0.4) is 0 Å². The Morgan fingerprint density at radius 3 is 2.34 bits per heavy atom. The number of nitrogens with zero attached hydrogens (tertiary/aromatic N) is 5. The predicted molar refractivity (Wildman–Crippen MR) is 159 cm³/mol. The molecule has 5 rings (SSSR count). The first-order chi connectivity index (χ1) is 20.9. The Balaban J connectivity index is 1.24. The van der Waals surface area contributed by atoms with Crippen LogP contribution in [0.15, 0.2) is 78.2 Å². The summed E-state index contributed by atoms with van der Waals surface area (Å²) in [6.45, 7) is 5.72. The van der Waals surface area contributed by atoms with E-state index >= 15 is 0 Å². The molecule has 4 aromatic rings. The van der Waals surface area contributed by atoms with Crippen LogP contribution in [0.1, 0.15) is 22.3 Å². The lowest BCUT2D eigenvalue weighted by atomic mass is 10.0. The summed E-state index contributed by atoms with van der Waals surface area (Å²) in [5, 5.41) is 6.83. The molecule has 1 N–H and O–H groups in total. The molecule has 1 aliphatic rings. The molecule has 0 radical (unpaired) electrons. The van der Waals surface area contributed by atoms with Gasteiger partial charge in [-0.15, -0.1) is 18.3 Å². The van der Waals surface area contributed by atoms with Crippen molar-refractivity contribution in [2.75, 3.05) is 10.7 Å². The Labute approximate surface area is 253 Å². The van der Waals surface area contributed by atoms with Gasteiger partial charge in [-0.05, 0) is 56.2 Å². The zero-order valence-electron chi connectivity index (χ0n) is 23.5. The molecular weight excluding hydrogens is 600 g/mol. The highest BCUT2D eigenvalue weighted by Gasteiger charge is 2.33. The average molecular weight is 625 g/mol. The molecule has 14 heteroatoms. The van der Waals surface area contributed by atoms with Gasteiger partial charge in [0.1, 0.15) is 17.9 Å². The Morgan fingerprint density at radius 2 is 1.70 bits per heavy atom. The minimum Gasteiger partial charge on any atom is -0.406 e. The number of aromatic nitrogens is 3. The van der Waals surface area contributed by atoms with Crippen LogP contribution in [-0.4, -0.2) is 44.0 Å². The number of hydrogen-bond donors (Lipinski definition) is 1. The average Bonchev–Trinajstić information content (AvgIpc) is 3.59. The number of nitrogens with one attached hydrogen (secondary N) is 1. The van der Waals surface area contributed by atoms with Crippen molar-refractivity contribution in [3.8, 4) is 22.8 Å². The van der Waals surface area contributed by atoms with Gasteiger partial charge >= 0.3 is 12.4 Å². The second-order valence-electron chi connectivity index (χ2n) is 9.73. The van der Waals surface area contributed by atoms with E-state index in [1.807, 2.05) is 32.9 Å². The molecule has 0 spiro atoms. The Kier molecular flexibility index (Phi) is 8.54. The molecule has 1 fully saturated rings. The third kappa shape index (κ3) is 6.97. The number of hydrogen-bond acceptors (Lipinski definition) is 6. The number of halogens is 4. The van der Waals surface area contributed by atoms with Crippen LogP contribution in [-0.2, 0) is 4.79 Å². The molecule has 1 aromatic heterocycles. The number of benzene rings is 3. The lowest BCUT2D eigenvalue weighted by Crippen LogP contribution is -2.32. The molecule has 0 aliphatic carbocycles. The number of carbonyl (C=O) groups is 2. The molecule has 3 amide bonds. The van der Waals surface area contributed by atoms with Crippen molar-refractivity contribution in [3.63, 3.8) is 0 Å². The molecule has 226 valence electrons. The molecule has 44 heavy (non-hydrogen) atoms. The monoisotopic (exact) mass is 624 g/mol. The smallest absolute Gasteiger partial charge is 0.406 e. The molecule has 0 bridgehead atoms. The maximum absolute atomic E-state index is 14.9. The number of anilines is 1. The lowest BCUT2D eigenvalue weighted by Gasteiger charge is -2.21. The van der Waals surface area contributed by atoms with Gasteiger partial charge in [-0.25, -0.2) is 18.9 Å². The first-order valence-corrected chi connectivity index (χ1v) is 14.0. The summed E-state index contributed by atoms with van der Waals surface area (Å²) >= 11 is 1.13. The number of amidine groups is 1. The van der Waals surface area contributed by atoms with Crippen molar-refractivity contribution < 1.29 is 31.9 Å². The second kappa shape index (κ2) is 12.3. The minimum absolute atomic E-state index is 0.131. The van der Waals surface area contributed by atoms with E-state index in [0.29, 0.717) is 22.8 Å². The Hall–Kier alpha value is -4.98. The lowest BCUT2D eigenvalue weighted by molar-refractivity contribution is -0.274. The van der Waals surface area contributed by atoms with E-state index in [1.165, 1.54) is 40.2 Å². The molecule has 1 saturated heterocycles. The highest BCUT2D eigenvalue weighted by Crippen LogP contribution is 2.33. The zero-order valence-corrected chi connectivity index (χ0v) is 24.3. The fourth-order valence-corrected chi connectivity index (χ4v) is 5.47. The maximum Gasteiger partial charge on any atom is 0.573 e. The minimum atomic E-state index is -4.79. The highest BCUT2D eigenvalue weighted by atomic mass is 32.2. The van der Waals surface area contributed by atoms with E-state index in [-0.39, 0.29) is 28.1 Å². The van der Waals surface area contributed by atoms with Crippen LogP contribution in [0.5, 0.6) is 5.75 Å². The number of thioether (sulfide) groups is 1. The second-order valence-corrected chi connectivity index (χ2v) is 10.7. The largest absolute Gasteiger partial charge is 0.573 e. The molecule has 1 aliphatic heterocycles. The standard InChI is InChI=1S/C30H24F4N6O3S/c1-17-12-18(2)26(19(3)13-17)40-25(41)15-44-29(40)37-28(42)35-14-24(31)20-4-6-21(7-5-20)27-36-16-39(38-27)22-8-10-23(11-9-22)43-30(32,33)34/h4-14,16H,15H2,1-3H3,(H,35,42)/b24-14-,37-29-. The number of aryl methyl sites for hydroxylation is 3. The number of aliphatic imine (C=N–C) groups is 1. The highest BCUT2D eigenvalue weighted by molar-refractivity contribution is 8.15. The SMILES string of the molecule is Cc1cc(C)c(N2C(=O)CS/C2=N\C(=O)N/C=C(\F)c2ccc(-c3ncn(-c4ccc(OC(F)(F)F)cc4)n3)cc2)c(C)c1. The van der Waals surface area contributed by atoms with E-state index in [2.05, 4.69) is 25.1 Å². The third-order valence-corrected chi connectivity index (χ3v) is 7.31. The zero-order chi connectivity index (χ0) is 31.6. The van der Waals surface area contributed by atoms with Crippen LogP contribution >= 0.6 is 11.8 Å². The molecule has 3 aromatic carbocycles. The van der Waals surface area contributed by atoms with E-state index in [9.17, 15) is 27.2 Å². The first-order valence-electron chi connectivity index (χ1n) is 13.0. The van der Waals surface area contributed by atoms with Gasteiger partial charge in [0, 0.05) is 17.3 Å². The van der Waals surface area contributed by atoms with Crippen molar-refractivity contribution in [1.29, 1.82) is 0 Å². The van der Waals surface area contributed by atoms with Crippen molar-refractivity contribution >= 4 is 40.4 Å². The normalized spacial score (nSPS) is 14.8. The number of carbonyl (C=O) groups excluding carboxylic acids is 2. The Bertz CT molecular complexity index is 1760. The molecular formula is C30H24F4N6O3S. The number of urea groups is 1. The van der Waals surface area contributed by atoms with Gasteiger partial charge in [0.25, 0.3) is 0 Å². The van der Waals surface area contributed by atoms with Crippen molar-refractivity contribution in [3.05, 3.63) is 95.4 Å². The summed E-state index contributed by atoms with van der Waals surface area (Å²) in [5.41, 5.74) is 4.64. The summed E-state index contributed by atoms with van der Waals surface area (Å²) in [6.07, 6.45) is -2.52.